The van der Waals surface area contributed by atoms with Gasteiger partial charge in [-0.05, 0) is 44.3 Å². The molecule has 0 aliphatic rings. The number of likely N-dealkylation sites (N-methyl/N-ethyl adjacent to an activating group) is 2. The summed E-state index contributed by atoms with van der Waals surface area (Å²) >= 11 is 3.41. The maximum absolute atomic E-state index is 12.3. The Kier molecular flexibility index (Phi) is 7.06. The quantitative estimate of drug-likeness (QED) is 0.858. The molecule has 1 N–H and O–H groups in total. The van der Waals surface area contributed by atoms with Crippen LogP contribution in [0.1, 0.15) is 16.2 Å². The van der Waals surface area contributed by atoms with Crippen LogP contribution in [0.3, 0.4) is 0 Å². The van der Waals surface area contributed by atoms with Crippen LogP contribution in [0.5, 0.6) is 0 Å². The van der Waals surface area contributed by atoms with Crippen LogP contribution < -0.4 is 5.32 Å². The van der Waals surface area contributed by atoms with Crippen molar-refractivity contribution in [3.05, 3.63) is 46.2 Å². The van der Waals surface area contributed by atoms with Gasteiger partial charge in [0.15, 0.2) is 5.69 Å². The fourth-order valence-corrected chi connectivity index (χ4v) is 2.26. The molecule has 0 spiro atoms. The average Bonchev–Trinajstić information content (AvgIpc) is 2.86. The summed E-state index contributed by atoms with van der Waals surface area (Å²) in [6.45, 7) is 3.35. The Hall–Kier alpha value is -1.37. The zero-order valence-electron chi connectivity index (χ0n) is 12.8. The second-order valence-corrected chi connectivity index (χ2v) is 5.81. The predicted molar refractivity (Wildman–Crippen MR) is 94.1 cm³/mol. The number of aryl methyl sites for hydroxylation is 1. The summed E-state index contributed by atoms with van der Waals surface area (Å²) in [5.41, 5.74) is 2.34. The van der Waals surface area contributed by atoms with Crippen LogP contribution in [0.4, 0.5) is 0 Å². The van der Waals surface area contributed by atoms with Gasteiger partial charge in [0.25, 0.3) is 5.91 Å². The van der Waals surface area contributed by atoms with Gasteiger partial charge >= 0.3 is 0 Å². The van der Waals surface area contributed by atoms with Crippen molar-refractivity contribution >= 4 is 34.2 Å². The van der Waals surface area contributed by atoms with Gasteiger partial charge in [-0.1, -0.05) is 15.9 Å². The van der Waals surface area contributed by atoms with Crippen molar-refractivity contribution in [3.63, 3.8) is 0 Å². The van der Waals surface area contributed by atoms with Gasteiger partial charge in [0, 0.05) is 30.3 Å². The highest BCUT2D eigenvalue weighted by Crippen LogP contribution is 2.16. The van der Waals surface area contributed by atoms with Crippen molar-refractivity contribution in [2.75, 3.05) is 27.2 Å². The Balaban J connectivity index is 0.00000242. The van der Waals surface area contributed by atoms with Crippen molar-refractivity contribution in [3.8, 4) is 5.69 Å². The van der Waals surface area contributed by atoms with E-state index in [-0.39, 0.29) is 18.3 Å². The molecule has 0 bridgehead atoms. The second-order valence-electron chi connectivity index (χ2n) is 4.89. The number of hydrogen-bond donors (Lipinski definition) is 1. The number of carbonyl (C=O) groups is 1. The third kappa shape index (κ3) is 4.32. The molecule has 0 atom stereocenters. The number of nitrogens with zero attached hydrogens (tertiary/aromatic N) is 3. The molecule has 0 unspecified atom stereocenters. The number of nitrogens with one attached hydrogen (secondary N) is 1. The van der Waals surface area contributed by atoms with Crippen molar-refractivity contribution in [1.29, 1.82) is 0 Å². The van der Waals surface area contributed by atoms with Crippen molar-refractivity contribution in [2.24, 2.45) is 0 Å². The molecular weight excluding hydrogens is 368 g/mol. The molecule has 0 aliphatic heterocycles. The summed E-state index contributed by atoms with van der Waals surface area (Å²) in [4.78, 5) is 14.0. The van der Waals surface area contributed by atoms with Gasteiger partial charge in [-0.3, -0.25) is 4.79 Å². The molecule has 0 fully saturated rings. The second kappa shape index (κ2) is 8.31. The highest BCUT2D eigenvalue weighted by molar-refractivity contribution is 9.10. The maximum atomic E-state index is 12.3. The lowest BCUT2D eigenvalue weighted by Crippen LogP contribution is -2.33. The van der Waals surface area contributed by atoms with Crippen LogP contribution in [0.25, 0.3) is 5.69 Å². The van der Waals surface area contributed by atoms with E-state index in [0.29, 0.717) is 12.2 Å². The number of amides is 1. The number of hydrogen-bond acceptors (Lipinski definition) is 3. The summed E-state index contributed by atoms with van der Waals surface area (Å²) in [6, 6.07) is 9.65. The SMILES string of the molecule is CNCCN(C)C(=O)c1cc(C)n(-c2ccc(Br)cc2)n1.Cl. The van der Waals surface area contributed by atoms with Gasteiger partial charge in [-0.25, -0.2) is 4.68 Å². The highest BCUT2D eigenvalue weighted by Gasteiger charge is 2.16. The lowest BCUT2D eigenvalue weighted by Gasteiger charge is -2.15. The Labute approximate surface area is 145 Å². The van der Waals surface area contributed by atoms with E-state index in [1.807, 2.05) is 44.3 Å². The molecule has 2 rings (SSSR count). The van der Waals surface area contributed by atoms with E-state index in [1.165, 1.54) is 0 Å². The summed E-state index contributed by atoms with van der Waals surface area (Å²) in [7, 11) is 3.65. The van der Waals surface area contributed by atoms with E-state index in [1.54, 1.807) is 16.6 Å². The van der Waals surface area contributed by atoms with Gasteiger partial charge in [0.05, 0.1) is 5.69 Å². The van der Waals surface area contributed by atoms with E-state index in [4.69, 9.17) is 0 Å². The van der Waals surface area contributed by atoms with E-state index in [9.17, 15) is 4.79 Å². The smallest absolute Gasteiger partial charge is 0.274 e. The molecule has 0 aliphatic carbocycles. The van der Waals surface area contributed by atoms with Crippen LogP contribution >= 0.6 is 28.3 Å². The van der Waals surface area contributed by atoms with Crippen molar-refractivity contribution in [2.45, 2.75) is 6.92 Å². The van der Waals surface area contributed by atoms with E-state index >= 15 is 0 Å². The van der Waals surface area contributed by atoms with Crippen LogP contribution in [-0.2, 0) is 0 Å². The zero-order chi connectivity index (χ0) is 15.4. The molecule has 0 radical (unpaired) electrons. The minimum Gasteiger partial charge on any atom is -0.339 e. The van der Waals surface area contributed by atoms with Gasteiger partial charge in [-0.15, -0.1) is 12.4 Å². The van der Waals surface area contributed by atoms with Crippen LogP contribution in [0.2, 0.25) is 0 Å². The molecule has 7 heteroatoms. The predicted octanol–water partition coefficient (Wildman–Crippen LogP) is 2.66. The first-order valence-electron chi connectivity index (χ1n) is 6.75. The first-order chi connectivity index (χ1) is 10.0. The number of aromatic nitrogens is 2. The Morgan fingerprint density at radius 1 is 1.36 bits per heavy atom. The van der Waals surface area contributed by atoms with E-state index in [2.05, 4.69) is 26.3 Å². The van der Waals surface area contributed by atoms with Crippen molar-refractivity contribution < 1.29 is 4.79 Å². The summed E-state index contributed by atoms with van der Waals surface area (Å²) < 4.78 is 2.80. The molecule has 22 heavy (non-hydrogen) atoms. The molecule has 120 valence electrons. The summed E-state index contributed by atoms with van der Waals surface area (Å²) in [6.07, 6.45) is 0. The minimum absolute atomic E-state index is 0. The van der Waals surface area contributed by atoms with Gasteiger partial charge in [0.1, 0.15) is 0 Å². The average molecular weight is 388 g/mol. The van der Waals surface area contributed by atoms with Crippen LogP contribution in [-0.4, -0.2) is 47.8 Å². The number of rotatable bonds is 5. The normalized spacial score (nSPS) is 10.2. The molecule has 1 aromatic heterocycles. The summed E-state index contributed by atoms with van der Waals surface area (Å²) in [5, 5.41) is 7.46. The van der Waals surface area contributed by atoms with Crippen molar-refractivity contribution in [1.82, 2.24) is 20.0 Å². The van der Waals surface area contributed by atoms with E-state index in [0.717, 1.165) is 22.4 Å². The zero-order valence-corrected chi connectivity index (χ0v) is 15.2. The van der Waals surface area contributed by atoms with Gasteiger partial charge in [0.2, 0.25) is 0 Å². The third-order valence-corrected chi connectivity index (χ3v) is 3.75. The molecule has 0 saturated carbocycles. The monoisotopic (exact) mass is 386 g/mol. The number of halogens is 2. The molecule has 0 saturated heterocycles. The first kappa shape index (κ1) is 18.7. The third-order valence-electron chi connectivity index (χ3n) is 3.22. The lowest BCUT2D eigenvalue weighted by atomic mass is 10.3. The molecule has 1 heterocycles. The fraction of sp³-hybridized carbons (Fsp3) is 0.333. The standard InChI is InChI=1S/C15H19BrN4O.ClH/c1-11-10-14(15(21)19(3)9-8-17-2)18-20(11)13-6-4-12(16)5-7-13;/h4-7,10,17H,8-9H2,1-3H3;1H. The molecule has 1 amide bonds. The summed E-state index contributed by atoms with van der Waals surface area (Å²) in [5.74, 6) is -0.0655. The topological polar surface area (TPSA) is 50.2 Å². The Morgan fingerprint density at radius 3 is 2.59 bits per heavy atom. The molecule has 5 nitrogen and oxygen atoms in total. The number of carbonyl (C=O) groups excluding carboxylic acids is 1. The van der Waals surface area contributed by atoms with Crippen LogP contribution in [0.15, 0.2) is 34.8 Å². The van der Waals surface area contributed by atoms with Gasteiger partial charge < -0.3 is 10.2 Å². The fourth-order valence-electron chi connectivity index (χ4n) is 2.00. The Morgan fingerprint density at radius 2 is 2.00 bits per heavy atom. The van der Waals surface area contributed by atoms with Crippen LogP contribution in [0, 0.1) is 6.92 Å². The van der Waals surface area contributed by atoms with E-state index < -0.39 is 0 Å². The minimum atomic E-state index is -0.0655. The largest absolute Gasteiger partial charge is 0.339 e. The molecule has 2 aromatic rings. The highest BCUT2D eigenvalue weighted by atomic mass is 79.9. The number of benzene rings is 1. The lowest BCUT2D eigenvalue weighted by molar-refractivity contribution is 0.0790. The first-order valence-corrected chi connectivity index (χ1v) is 7.55. The maximum Gasteiger partial charge on any atom is 0.274 e. The van der Waals surface area contributed by atoms with Gasteiger partial charge in [-0.2, -0.15) is 5.10 Å². The Bertz CT molecular complexity index is 627. The molecular formula is C15H20BrClN4O. The molecule has 1 aromatic carbocycles.